The number of hydrogen-bond acceptors (Lipinski definition) is 4. The number of carbonyl (C=O) groups excluding carboxylic acids is 1. The molecule has 0 bridgehead atoms. The third-order valence-electron chi connectivity index (χ3n) is 4.49. The predicted molar refractivity (Wildman–Crippen MR) is 89.2 cm³/mol. The first-order valence-electron chi connectivity index (χ1n) is 8.60. The molecule has 5 nitrogen and oxygen atoms in total. The van der Waals surface area contributed by atoms with Crippen molar-refractivity contribution in [1.29, 1.82) is 0 Å². The van der Waals surface area contributed by atoms with Gasteiger partial charge >= 0.3 is 6.09 Å². The van der Waals surface area contributed by atoms with Crippen LogP contribution >= 0.6 is 0 Å². The van der Waals surface area contributed by atoms with Crippen molar-refractivity contribution < 1.29 is 9.53 Å². The molecule has 23 heavy (non-hydrogen) atoms. The highest BCUT2D eigenvalue weighted by molar-refractivity contribution is 5.68. The first-order valence-corrected chi connectivity index (χ1v) is 8.60. The average molecular weight is 317 g/mol. The Labute approximate surface area is 138 Å². The van der Waals surface area contributed by atoms with Gasteiger partial charge in [0.2, 0.25) is 0 Å². The minimum atomic E-state index is -0.442. The summed E-state index contributed by atoms with van der Waals surface area (Å²) in [6.07, 6.45) is 6.97. The number of nitrogens with one attached hydrogen (secondary N) is 2. The number of aromatic nitrogens is 1. The molecule has 0 radical (unpaired) electrons. The van der Waals surface area contributed by atoms with Crippen LogP contribution in [0.2, 0.25) is 0 Å². The third-order valence-corrected chi connectivity index (χ3v) is 4.49. The highest BCUT2D eigenvalue weighted by Crippen LogP contribution is 2.31. The number of alkyl carbamates (subject to hydrolysis) is 1. The van der Waals surface area contributed by atoms with Gasteiger partial charge in [-0.2, -0.15) is 0 Å². The van der Waals surface area contributed by atoms with E-state index in [0.717, 1.165) is 25.7 Å². The monoisotopic (exact) mass is 317 g/mol. The Bertz CT molecular complexity index is 562. The van der Waals surface area contributed by atoms with E-state index in [1.54, 1.807) is 0 Å². The molecular weight excluding hydrogens is 290 g/mol. The van der Waals surface area contributed by atoms with Crippen LogP contribution in [0.5, 0.6) is 0 Å². The number of hydrogen-bond donors (Lipinski definition) is 2. The summed E-state index contributed by atoms with van der Waals surface area (Å²) in [6.45, 7) is 5.64. The summed E-state index contributed by atoms with van der Waals surface area (Å²) in [5.41, 5.74) is 2.14. The van der Waals surface area contributed by atoms with E-state index in [9.17, 15) is 4.79 Å². The van der Waals surface area contributed by atoms with Crippen molar-refractivity contribution in [3.63, 3.8) is 0 Å². The van der Waals surface area contributed by atoms with Gasteiger partial charge < -0.3 is 15.4 Å². The molecule has 1 heterocycles. The Morgan fingerprint density at radius 3 is 2.83 bits per heavy atom. The molecule has 1 unspecified atom stereocenters. The molecule has 1 amide bonds. The fraction of sp³-hybridized carbons (Fsp3) is 0.667. The summed E-state index contributed by atoms with van der Waals surface area (Å²) in [5, 5.41) is 6.65. The fourth-order valence-corrected chi connectivity index (χ4v) is 3.40. The largest absolute Gasteiger partial charge is 0.444 e. The van der Waals surface area contributed by atoms with E-state index in [-0.39, 0.29) is 12.1 Å². The zero-order chi connectivity index (χ0) is 16.4. The summed E-state index contributed by atoms with van der Waals surface area (Å²) in [7, 11) is 0. The summed E-state index contributed by atoms with van der Waals surface area (Å²) in [5.74, 6) is 0. The maximum Gasteiger partial charge on any atom is 0.407 e. The fourth-order valence-electron chi connectivity index (χ4n) is 3.40. The lowest BCUT2D eigenvalue weighted by molar-refractivity contribution is 0.0462. The second-order valence-corrected chi connectivity index (χ2v) is 7.67. The molecule has 1 saturated carbocycles. The van der Waals surface area contributed by atoms with Gasteiger partial charge in [0.1, 0.15) is 5.60 Å². The topological polar surface area (TPSA) is 63.2 Å². The molecule has 0 aliphatic heterocycles. The molecule has 2 aliphatic rings. The van der Waals surface area contributed by atoms with Crippen molar-refractivity contribution in [2.45, 2.75) is 76.6 Å². The van der Waals surface area contributed by atoms with E-state index in [0.29, 0.717) is 12.1 Å². The minimum Gasteiger partial charge on any atom is -0.444 e. The molecule has 1 fully saturated rings. The number of ether oxygens (including phenoxy) is 1. The van der Waals surface area contributed by atoms with Crippen LogP contribution in [0.4, 0.5) is 4.79 Å². The van der Waals surface area contributed by atoms with Crippen LogP contribution in [-0.2, 0) is 11.2 Å². The minimum absolute atomic E-state index is 0.217. The number of amides is 1. The number of fused-ring (bicyclic) bond motifs is 1. The predicted octanol–water partition coefficient (Wildman–Crippen LogP) is 3.10. The first-order chi connectivity index (χ1) is 10.9. The molecule has 2 N–H and O–H groups in total. The highest BCUT2D eigenvalue weighted by Gasteiger charge is 2.34. The van der Waals surface area contributed by atoms with Crippen LogP contribution in [-0.4, -0.2) is 28.8 Å². The third kappa shape index (κ3) is 4.22. The molecule has 1 aromatic rings. The zero-order valence-corrected chi connectivity index (χ0v) is 14.3. The summed E-state index contributed by atoms with van der Waals surface area (Å²) in [6, 6.07) is 5.23. The smallest absolute Gasteiger partial charge is 0.407 e. The van der Waals surface area contributed by atoms with Crippen molar-refractivity contribution in [1.82, 2.24) is 15.6 Å². The quantitative estimate of drug-likeness (QED) is 0.899. The van der Waals surface area contributed by atoms with Crippen LogP contribution in [0.25, 0.3) is 0 Å². The maximum absolute atomic E-state index is 11.8. The van der Waals surface area contributed by atoms with Crippen molar-refractivity contribution in [3.8, 4) is 0 Å². The van der Waals surface area contributed by atoms with E-state index >= 15 is 0 Å². The lowest BCUT2D eigenvalue weighted by Crippen LogP contribution is -2.54. The van der Waals surface area contributed by atoms with Crippen molar-refractivity contribution in [2.75, 3.05) is 0 Å². The second-order valence-electron chi connectivity index (χ2n) is 7.67. The van der Waals surface area contributed by atoms with Gasteiger partial charge in [0.15, 0.2) is 0 Å². The van der Waals surface area contributed by atoms with Gasteiger partial charge in [-0.25, -0.2) is 4.79 Å². The molecule has 0 spiro atoms. The van der Waals surface area contributed by atoms with Crippen LogP contribution in [0.15, 0.2) is 18.3 Å². The Morgan fingerprint density at radius 2 is 2.09 bits per heavy atom. The van der Waals surface area contributed by atoms with Gasteiger partial charge in [-0.05, 0) is 64.5 Å². The summed E-state index contributed by atoms with van der Waals surface area (Å²) < 4.78 is 5.30. The van der Waals surface area contributed by atoms with Gasteiger partial charge in [0.05, 0.1) is 5.69 Å². The number of aryl methyl sites for hydroxylation is 1. The Kier molecular flexibility index (Phi) is 4.57. The molecule has 3 rings (SSSR count). The molecule has 126 valence electrons. The number of pyridine rings is 1. The van der Waals surface area contributed by atoms with Crippen LogP contribution in [0.1, 0.15) is 63.8 Å². The van der Waals surface area contributed by atoms with Crippen molar-refractivity contribution in [3.05, 3.63) is 29.6 Å². The van der Waals surface area contributed by atoms with Crippen molar-refractivity contribution >= 4 is 6.09 Å². The first kappa shape index (κ1) is 16.2. The van der Waals surface area contributed by atoms with Gasteiger partial charge in [0.25, 0.3) is 0 Å². The SMILES string of the molecule is CC(C)(C)OC(=O)NC1CC(NC2CCCc3cccnc32)C1. The molecule has 1 atom stereocenters. The van der Waals surface area contributed by atoms with Crippen molar-refractivity contribution in [2.24, 2.45) is 0 Å². The standard InChI is InChI=1S/C18H27N3O2/c1-18(2,3)23-17(22)21-14-10-13(11-14)20-15-8-4-6-12-7-5-9-19-16(12)15/h5,7,9,13-15,20H,4,6,8,10-11H2,1-3H3,(H,21,22). The number of carbonyl (C=O) groups is 1. The Hall–Kier alpha value is -1.62. The van der Waals surface area contributed by atoms with Gasteiger partial charge in [0, 0.05) is 24.3 Å². The normalized spacial score (nSPS) is 26.8. The Balaban J connectivity index is 1.45. The molecule has 2 aliphatic carbocycles. The molecule has 0 saturated heterocycles. The molecule has 1 aromatic heterocycles. The molecule has 0 aromatic carbocycles. The van der Waals surface area contributed by atoms with Gasteiger partial charge in [-0.1, -0.05) is 6.07 Å². The van der Waals surface area contributed by atoms with Crippen LogP contribution < -0.4 is 10.6 Å². The van der Waals surface area contributed by atoms with E-state index in [1.165, 1.54) is 17.7 Å². The molecular formula is C18H27N3O2. The van der Waals surface area contributed by atoms with Gasteiger partial charge in [-0.15, -0.1) is 0 Å². The second kappa shape index (κ2) is 6.48. The zero-order valence-electron chi connectivity index (χ0n) is 14.3. The lowest BCUT2D eigenvalue weighted by Gasteiger charge is -2.39. The highest BCUT2D eigenvalue weighted by atomic mass is 16.6. The lowest BCUT2D eigenvalue weighted by atomic mass is 9.84. The van der Waals surface area contributed by atoms with E-state index < -0.39 is 5.60 Å². The van der Waals surface area contributed by atoms with E-state index in [2.05, 4.69) is 21.7 Å². The van der Waals surface area contributed by atoms with Gasteiger partial charge in [-0.3, -0.25) is 4.98 Å². The average Bonchev–Trinajstić information content (AvgIpc) is 2.43. The molecule has 5 heteroatoms. The summed E-state index contributed by atoms with van der Waals surface area (Å²) in [4.78, 5) is 16.3. The van der Waals surface area contributed by atoms with E-state index in [4.69, 9.17) is 4.74 Å². The summed E-state index contributed by atoms with van der Waals surface area (Å²) >= 11 is 0. The van der Waals surface area contributed by atoms with Crippen LogP contribution in [0.3, 0.4) is 0 Å². The maximum atomic E-state index is 11.8. The number of nitrogens with zero attached hydrogens (tertiary/aromatic N) is 1. The van der Waals surface area contributed by atoms with E-state index in [1.807, 2.05) is 33.0 Å². The Morgan fingerprint density at radius 1 is 1.30 bits per heavy atom. The van der Waals surface area contributed by atoms with Crippen LogP contribution in [0, 0.1) is 0 Å². The number of rotatable bonds is 3.